The molecule has 0 bridgehead atoms. The van der Waals surface area contributed by atoms with Gasteiger partial charge in [-0.15, -0.1) is 0 Å². The van der Waals surface area contributed by atoms with Crippen LogP contribution in [0.2, 0.25) is 0 Å². The van der Waals surface area contributed by atoms with Crippen molar-refractivity contribution in [3.8, 4) is 5.75 Å². The number of benzene rings is 1. The molecule has 0 radical (unpaired) electrons. The number of rotatable bonds is 5. The number of aryl methyl sites for hydroxylation is 1. The van der Waals surface area contributed by atoms with Crippen molar-refractivity contribution in [1.82, 2.24) is 19.9 Å². The molecule has 0 unspecified atom stereocenters. The van der Waals surface area contributed by atoms with Gasteiger partial charge in [0.25, 0.3) is 0 Å². The lowest BCUT2D eigenvalue weighted by Crippen LogP contribution is -2.61. The lowest BCUT2D eigenvalue weighted by Gasteiger charge is -2.50. The van der Waals surface area contributed by atoms with E-state index in [1.165, 1.54) is 6.07 Å². The highest BCUT2D eigenvalue weighted by Crippen LogP contribution is 2.37. The first-order valence-electron chi connectivity index (χ1n) is 11.3. The van der Waals surface area contributed by atoms with Crippen LogP contribution in [0.1, 0.15) is 30.7 Å². The fourth-order valence-electron chi connectivity index (χ4n) is 4.66. The second kappa shape index (κ2) is 9.09. The van der Waals surface area contributed by atoms with Crippen LogP contribution in [0, 0.1) is 6.92 Å². The average molecular weight is 469 g/mol. The second-order valence-electron chi connectivity index (χ2n) is 8.50. The third kappa shape index (κ3) is 4.37. The van der Waals surface area contributed by atoms with Crippen molar-refractivity contribution in [2.24, 2.45) is 0 Å². The van der Waals surface area contributed by atoms with Gasteiger partial charge in [-0.2, -0.15) is 8.78 Å². The fraction of sp³-hybridized carbons (Fsp3) is 0.417. The third-order valence-electron chi connectivity index (χ3n) is 6.38. The Morgan fingerprint density at radius 2 is 1.88 bits per heavy atom. The van der Waals surface area contributed by atoms with Gasteiger partial charge in [-0.25, -0.2) is 4.98 Å². The number of fused-ring (bicyclic) bond motifs is 1. The molecule has 2 aliphatic rings. The van der Waals surface area contributed by atoms with E-state index in [0.29, 0.717) is 43.9 Å². The maximum atomic E-state index is 13.0. The van der Waals surface area contributed by atoms with Crippen molar-refractivity contribution in [2.75, 3.05) is 24.6 Å². The lowest BCUT2D eigenvalue weighted by atomic mass is 9.95. The molecule has 2 saturated heterocycles. The Labute approximate surface area is 195 Å². The summed E-state index contributed by atoms with van der Waals surface area (Å²) in [5.41, 5.74) is 1.77. The minimum Gasteiger partial charge on any atom is -0.433 e. The van der Waals surface area contributed by atoms with Crippen molar-refractivity contribution in [3.63, 3.8) is 0 Å². The van der Waals surface area contributed by atoms with E-state index in [1.54, 1.807) is 24.1 Å². The molecule has 1 spiro atoms. The van der Waals surface area contributed by atoms with Crippen LogP contribution >= 0.6 is 0 Å². The van der Waals surface area contributed by atoms with Crippen LogP contribution in [0.25, 0.3) is 11.0 Å². The summed E-state index contributed by atoms with van der Waals surface area (Å²) in [6.45, 7) is 0.377. The van der Waals surface area contributed by atoms with Gasteiger partial charge in [0.15, 0.2) is 0 Å². The molecule has 178 valence electrons. The Kier molecular flexibility index (Phi) is 5.99. The minimum absolute atomic E-state index is 0.0296. The molecule has 1 amide bonds. The molecule has 4 heterocycles. The Hall–Kier alpha value is -3.40. The Balaban J connectivity index is 1.37. The van der Waals surface area contributed by atoms with Gasteiger partial charge >= 0.3 is 6.61 Å². The highest BCUT2D eigenvalue weighted by atomic mass is 19.3. The van der Waals surface area contributed by atoms with Gasteiger partial charge in [0.1, 0.15) is 23.0 Å². The fourth-order valence-corrected chi connectivity index (χ4v) is 4.66. The van der Waals surface area contributed by atoms with E-state index >= 15 is 0 Å². The van der Waals surface area contributed by atoms with Crippen molar-refractivity contribution < 1.29 is 23.0 Å². The number of hydrogen-bond acceptors (Lipinski definition) is 7. The van der Waals surface area contributed by atoms with Gasteiger partial charge in [-0.3, -0.25) is 14.8 Å². The molecule has 3 aromatic rings. The topological polar surface area (TPSA) is 80.7 Å². The number of hydrogen-bond donors (Lipinski definition) is 0. The van der Waals surface area contributed by atoms with E-state index in [4.69, 9.17) is 9.72 Å². The van der Waals surface area contributed by atoms with Crippen LogP contribution in [0.15, 0.2) is 42.6 Å². The number of amides is 1. The molecule has 2 fully saturated rings. The number of piperidine rings is 1. The summed E-state index contributed by atoms with van der Waals surface area (Å²) in [7, 11) is 0. The molecule has 0 saturated carbocycles. The van der Waals surface area contributed by atoms with Gasteiger partial charge in [0, 0.05) is 31.6 Å². The molecule has 0 aliphatic carbocycles. The number of pyridine rings is 1. The summed E-state index contributed by atoms with van der Waals surface area (Å²) in [4.78, 5) is 30.4. The SMILES string of the molecule is Cc1ccc(OC(F)F)c(CN2C(=O)CCOC23CCN(c2cnc4ccccc4n2)CC3)n1. The zero-order valence-corrected chi connectivity index (χ0v) is 18.8. The molecule has 10 heteroatoms. The molecule has 8 nitrogen and oxygen atoms in total. The van der Waals surface area contributed by atoms with E-state index in [0.717, 1.165) is 16.9 Å². The molecular weight excluding hydrogens is 444 g/mol. The van der Waals surface area contributed by atoms with Crippen LogP contribution in [-0.4, -0.2) is 57.8 Å². The number of para-hydroxylation sites is 2. The summed E-state index contributed by atoms with van der Waals surface area (Å²) in [5, 5.41) is 0. The monoisotopic (exact) mass is 469 g/mol. The van der Waals surface area contributed by atoms with Gasteiger partial charge in [-0.1, -0.05) is 12.1 Å². The van der Waals surface area contributed by atoms with Crippen molar-refractivity contribution in [3.05, 3.63) is 54.0 Å². The Morgan fingerprint density at radius 1 is 1.12 bits per heavy atom. The maximum Gasteiger partial charge on any atom is 0.387 e. The minimum atomic E-state index is -2.98. The number of ether oxygens (including phenoxy) is 2. The van der Waals surface area contributed by atoms with Gasteiger partial charge in [0.05, 0.1) is 36.8 Å². The van der Waals surface area contributed by atoms with Crippen LogP contribution in [0.5, 0.6) is 5.75 Å². The largest absolute Gasteiger partial charge is 0.433 e. The molecule has 2 aromatic heterocycles. The second-order valence-corrected chi connectivity index (χ2v) is 8.50. The maximum absolute atomic E-state index is 13.0. The smallest absolute Gasteiger partial charge is 0.387 e. The summed E-state index contributed by atoms with van der Waals surface area (Å²) in [6.07, 6.45) is 3.09. The number of alkyl halides is 2. The number of carbonyl (C=O) groups is 1. The Morgan fingerprint density at radius 3 is 2.65 bits per heavy atom. The number of anilines is 1. The van der Waals surface area contributed by atoms with Crippen LogP contribution in [0.4, 0.5) is 14.6 Å². The first kappa shape index (κ1) is 22.4. The molecule has 2 aliphatic heterocycles. The molecule has 1 aromatic carbocycles. The average Bonchev–Trinajstić information content (AvgIpc) is 2.83. The summed E-state index contributed by atoms with van der Waals surface area (Å²) >= 11 is 0. The van der Waals surface area contributed by atoms with Crippen LogP contribution < -0.4 is 9.64 Å². The van der Waals surface area contributed by atoms with Crippen LogP contribution in [0.3, 0.4) is 0 Å². The number of nitrogens with zero attached hydrogens (tertiary/aromatic N) is 5. The van der Waals surface area contributed by atoms with E-state index in [1.807, 2.05) is 24.3 Å². The van der Waals surface area contributed by atoms with Gasteiger partial charge in [-0.05, 0) is 31.2 Å². The van der Waals surface area contributed by atoms with Crippen molar-refractivity contribution >= 4 is 22.8 Å². The first-order chi connectivity index (χ1) is 16.4. The lowest BCUT2D eigenvalue weighted by molar-refractivity contribution is -0.207. The quantitative estimate of drug-likeness (QED) is 0.564. The summed E-state index contributed by atoms with van der Waals surface area (Å²) in [5.74, 6) is 0.657. The van der Waals surface area contributed by atoms with E-state index in [9.17, 15) is 13.6 Å². The molecular formula is C24H25F2N5O3. The van der Waals surface area contributed by atoms with E-state index in [-0.39, 0.29) is 24.6 Å². The van der Waals surface area contributed by atoms with Gasteiger partial charge < -0.3 is 19.3 Å². The van der Waals surface area contributed by atoms with Crippen molar-refractivity contribution in [1.29, 1.82) is 0 Å². The van der Waals surface area contributed by atoms with E-state index in [2.05, 4.69) is 19.6 Å². The van der Waals surface area contributed by atoms with Crippen LogP contribution in [-0.2, 0) is 16.1 Å². The molecule has 0 N–H and O–H groups in total. The molecule has 5 rings (SSSR count). The summed E-state index contributed by atoms with van der Waals surface area (Å²) < 4.78 is 36.7. The zero-order chi connectivity index (χ0) is 23.7. The number of halogens is 2. The zero-order valence-electron chi connectivity index (χ0n) is 18.8. The van der Waals surface area contributed by atoms with Crippen molar-refractivity contribution in [2.45, 2.75) is 45.1 Å². The van der Waals surface area contributed by atoms with E-state index < -0.39 is 12.3 Å². The predicted octanol–water partition coefficient (Wildman–Crippen LogP) is 3.68. The standard InChI is InChI=1S/C24H25F2N5O3/c1-16-6-7-20(34-23(25)26)19(28-16)15-31-22(32)8-13-33-24(31)9-11-30(12-10-24)21-14-27-17-4-2-3-5-18(17)29-21/h2-7,14,23H,8-13,15H2,1H3. The number of aromatic nitrogens is 3. The highest BCUT2D eigenvalue weighted by Gasteiger charge is 2.46. The third-order valence-corrected chi connectivity index (χ3v) is 6.38. The molecule has 34 heavy (non-hydrogen) atoms. The number of carbonyl (C=O) groups excluding carboxylic acids is 1. The predicted molar refractivity (Wildman–Crippen MR) is 120 cm³/mol. The normalized spacial score (nSPS) is 18.2. The first-order valence-corrected chi connectivity index (χ1v) is 11.3. The summed E-state index contributed by atoms with van der Waals surface area (Å²) in [6, 6.07) is 10.8. The Bertz CT molecular complexity index is 1200. The van der Waals surface area contributed by atoms with Gasteiger partial charge in [0.2, 0.25) is 5.91 Å². The molecule has 0 atom stereocenters. The highest BCUT2D eigenvalue weighted by molar-refractivity contribution is 5.78.